The number of hydrogen-bond donors (Lipinski definition) is 3. The summed E-state index contributed by atoms with van der Waals surface area (Å²) in [5.41, 5.74) is 8.58. The van der Waals surface area contributed by atoms with Gasteiger partial charge in [0.2, 0.25) is 0 Å². The second-order valence-corrected chi connectivity index (χ2v) is 6.34. The van der Waals surface area contributed by atoms with Crippen molar-refractivity contribution < 1.29 is 9.59 Å². The van der Waals surface area contributed by atoms with Crippen LogP contribution in [0.4, 0.5) is 0 Å². The first-order chi connectivity index (χ1) is 12.5. The van der Waals surface area contributed by atoms with Crippen LogP contribution in [-0.4, -0.2) is 43.9 Å². The Morgan fingerprint density at radius 2 is 1.62 bits per heavy atom. The molecule has 0 aliphatic carbocycles. The molecule has 0 radical (unpaired) electrons. The minimum atomic E-state index is -0.158. The van der Waals surface area contributed by atoms with Gasteiger partial charge in [-0.05, 0) is 49.5 Å². The summed E-state index contributed by atoms with van der Waals surface area (Å²) in [6.07, 6.45) is 0. The molecule has 0 unspecified atom stereocenters. The second-order valence-electron chi connectivity index (χ2n) is 6.34. The average Bonchev–Trinajstić information content (AvgIpc) is 2.66. The first-order valence-electron chi connectivity index (χ1n) is 8.58. The third-order valence-electron chi connectivity index (χ3n) is 3.94. The van der Waals surface area contributed by atoms with Gasteiger partial charge in [-0.3, -0.25) is 9.59 Å². The molecule has 26 heavy (non-hydrogen) atoms. The maximum absolute atomic E-state index is 12.2. The lowest BCUT2D eigenvalue weighted by Crippen LogP contribution is -2.31. The minimum absolute atomic E-state index is 0.114. The van der Waals surface area contributed by atoms with Crippen LogP contribution >= 0.6 is 0 Å². The van der Waals surface area contributed by atoms with Crippen LogP contribution in [0.3, 0.4) is 0 Å². The largest absolute Gasteiger partial charge is 0.351 e. The molecule has 0 saturated heterocycles. The summed E-state index contributed by atoms with van der Waals surface area (Å²) in [6, 6.07) is 14.5. The lowest BCUT2D eigenvalue weighted by atomic mass is 10.1. The Bertz CT molecular complexity index is 742. The van der Waals surface area contributed by atoms with Gasteiger partial charge < -0.3 is 21.3 Å². The SMILES string of the molecule is CN(C)CCNC(=O)c1cccc(CNC(=O)c2ccc(CN)cc2)c1. The van der Waals surface area contributed by atoms with Crippen LogP contribution < -0.4 is 16.4 Å². The fraction of sp³-hybridized carbons (Fsp3) is 0.300. The van der Waals surface area contributed by atoms with Crippen LogP contribution in [0.2, 0.25) is 0 Å². The van der Waals surface area contributed by atoms with Crippen molar-refractivity contribution in [1.29, 1.82) is 0 Å². The molecular weight excluding hydrogens is 328 g/mol. The summed E-state index contributed by atoms with van der Waals surface area (Å²) in [7, 11) is 3.91. The van der Waals surface area contributed by atoms with Gasteiger partial charge >= 0.3 is 0 Å². The van der Waals surface area contributed by atoms with E-state index in [0.29, 0.717) is 30.8 Å². The van der Waals surface area contributed by atoms with Crippen LogP contribution in [0, 0.1) is 0 Å². The summed E-state index contributed by atoms with van der Waals surface area (Å²) < 4.78 is 0. The zero-order chi connectivity index (χ0) is 18.9. The zero-order valence-corrected chi connectivity index (χ0v) is 15.3. The summed E-state index contributed by atoms with van der Waals surface area (Å²) in [4.78, 5) is 26.4. The van der Waals surface area contributed by atoms with Gasteiger partial charge in [-0.1, -0.05) is 24.3 Å². The third-order valence-corrected chi connectivity index (χ3v) is 3.94. The average molecular weight is 354 g/mol. The third kappa shape index (κ3) is 5.98. The number of rotatable bonds is 8. The number of amides is 2. The number of carbonyl (C=O) groups excluding carboxylic acids is 2. The Morgan fingerprint density at radius 3 is 2.27 bits per heavy atom. The van der Waals surface area contributed by atoms with Crippen molar-refractivity contribution in [2.75, 3.05) is 27.2 Å². The molecule has 138 valence electrons. The van der Waals surface area contributed by atoms with Gasteiger partial charge in [0.05, 0.1) is 0 Å². The molecule has 0 bridgehead atoms. The number of nitrogens with one attached hydrogen (secondary N) is 2. The molecule has 0 aliphatic heterocycles. The summed E-state index contributed by atoms with van der Waals surface area (Å²) in [5, 5.41) is 5.75. The topological polar surface area (TPSA) is 87.5 Å². The fourth-order valence-electron chi connectivity index (χ4n) is 2.39. The molecule has 4 N–H and O–H groups in total. The molecule has 2 aromatic rings. The highest BCUT2D eigenvalue weighted by Gasteiger charge is 2.08. The van der Waals surface area contributed by atoms with Crippen LogP contribution in [0.25, 0.3) is 0 Å². The maximum Gasteiger partial charge on any atom is 0.251 e. The van der Waals surface area contributed by atoms with Crippen molar-refractivity contribution in [1.82, 2.24) is 15.5 Å². The standard InChI is InChI=1S/C20H26N4O2/c1-24(2)11-10-22-20(26)18-5-3-4-16(12-18)14-23-19(25)17-8-6-15(13-21)7-9-17/h3-9,12H,10-11,13-14,21H2,1-2H3,(H,22,26)(H,23,25). The lowest BCUT2D eigenvalue weighted by Gasteiger charge is -2.11. The monoisotopic (exact) mass is 354 g/mol. The Hall–Kier alpha value is -2.70. The van der Waals surface area contributed by atoms with E-state index in [1.807, 2.05) is 43.3 Å². The highest BCUT2D eigenvalue weighted by atomic mass is 16.2. The van der Waals surface area contributed by atoms with Crippen molar-refractivity contribution in [3.63, 3.8) is 0 Å². The molecule has 0 fully saturated rings. The van der Waals surface area contributed by atoms with Crippen LogP contribution in [-0.2, 0) is 13.1 Å². The summed E-state index contributed by atoms with van der Waals surface area (Å²) >= 11 is 0. The van der Waals surface area contributed by atoms with E-state index in [1.54, 1.807) is 24.3 Å². The van der Waals surface area contributed by atoms with Gasteiger partial charge in [0.1, 0.15) is 0 Å². The van der Waals surface area contributed by atoms with E-state index in [1.165, 1.54) is 0 Å². The Kier molecular flexibility index (Phi) is 7.32. The van der Waals surface area contributed by atoms with Gasteiger partial charge in [0.15, 0.2) is 0 Å². The van der Waals surface area contributed by atoms with E-state index in [4.69, 9.17) is 5.73 Å². The minimum Gasteiger partial charge on any atom is -0.351 e. The van der Waals surface area contributed by atoms with E-state index in [-0.39, 0.29) is 11.8 Å². The smallest absolute Gasteiger partial charge is 0.251 e. The molecule has 0 saturated carbocycles. The number of hydrogen-bond acceptors (Lipinski definition) is 4. The predicted octanol–water partition coefficient (Wildman–Crippen LogP) is 1.37. The molecule has 0 aliphatic rings. The normalized spacial score (nSPS) is 10.6. The molecule has 6 heteroatoms. The van der Waals surface area contributed by atoms with Crippen molar-refractivity contribution in [3.8, 4) is 0 Å². The maximum atomic E-state index is 12.2. The first kappa shape index (κ1) is 19.6. The summed E-state index contributed by atoms with van der Waals surface area (Å²) in [6.45, 7) is 2.18. The van der Waals surface area contributed by atoms with E-state index < -0.39 is 0 Å². The molecule has 0 heterocycles. The van der Waals surface area contributed by atoms with E-state index in [2.05, 4.69) is 10.6 Å². The number of carbonyl (C=O) groups is 2. The number of benzene rings is 2. The lowest BCUT2D eigenvalue weighted by molar-refractivity contribution is 0.0945. The fourth-order valence-corrected chi connectivity index (χ4v) is 2.39. The van der Waals surface area contributed by atoms with Crippen LogP contribution in [0.5, 0.6) is 0 Å². The molecule has 6 nitrogen and oxygen atoms in total. The van der Waals surface area contributed by atoms with Gasteiger partial charge in [-0.2, -0.15) is 0 Å². The molecular formula is C20H26N4O2. The van der Waals surface area contributed by atoms with Gasteiger partial charge in [0, 0.05) is 37.3 Å². The van der Waals surface area contributed by atoms with Crippen molar-refractivity contribution in [2.24, 2.45) is 5.73 Å². The van der Waals surface area contributed by atoms with E-state index in [9.17, 15) is 9.59 Å². The van der Waals surface area contributed by atoms with Crippen LogP contribution in [0.1, 0.15) is 31.8 Å². The molecule has 0 spiro atoms. The molecule has 0 atom stereocenters. The Labute approximate surface area is 154 Å². The molecule has 2 amide bonds. The van der Waals surface area contributed by atoms with Crippen molar-refractivity contribution >= 4 is 11.8 Å². The first-order valence-corrected chi connectivity index (χ1v) is 8.58. The highest BCUT2D eigenvalue weighted by molar-refractivity contribution is 5.95. The molecule has 2 rings (SSSR count). The predicted molar refractivity (Wildman–Crippen MR) is 103 cm³/mol. The summed E-state index contributed by atoms with van der Waals surface area (Å²) in [5.74, 6) is -0.271. The second kappa shape index (κ2) is 9.70. The Balaban J connectivity index is 1.91. The highest BCUT2D eigenvalue weighted by Crippen LogP contribution is 2.07. The van der Waals surface area contributed by atoms with Gasteiger partial charge in [0.25, 0.3) is 11.8 Å². The van der Waals surface area contributed by atoms with E-state index >= 15 is 0 Å². The van der Waals surface area contributed by atoms with Crippen molar-refractivity contribution in [3.05, 3.63) is 70.8 Å². The number of nitrogens with zero attached hydrogens (tertiary/aromatic N) is 1. The zero-order valence-electron chi connectivity index (χ0n) is 15.3. The van der Waals surface area contributed by atoms with Gasteiger partial charge in [-0.25, -0.2) is 0 Å². The molecule has 0 aromatic heterocycles. The van der Waals surface area contributed by atoms with Gasteiger partial charge in [-0.15, -0.1) is 0 Å². The number of likely N-dealkylation sites (N-methyl/N-ethyl adjacent to an activating group) is 1. The van der Waals surface area contributed by atoms with E-state index in [0.717, 1.165) is 17.7 Å². The van der Waals surface area contributed by atoms with Crippen LogP contribution in [0.15, 0.2) is 48.5 Å². The van der Waals surface area contributed by atoms with Crippen molar-refractivity contribution in [2.45, 2.75) is 13.1 Å². The number of nitrogens with two attached hydrogens (primary N) is 1. The Morgan fingerprint density at radius 1 is 0.923 bits per heavy atom. The molecule has 2 aromatic carbocycles. The quantitative estimate of drug-likeness (QED) is 0.668.